The van der Waals surface area contributed by atoms with E-state index in [0.29, 0.717) is 11.9 Å². The summed E-state index contributed by atoms with van der Waals surface area (Å²) in [4.78, 5) is 9.12. The third-order valence-electron chi connectivity index (χ3n) is 4.06. The molecule has 1 aromatic heterocycles. The van der Waals surface area contributed by atoms with Gasteiger partial charge in [-0.05, 0) is 33.2 Å². The summed E-state index contributed by atoms with van der Waals surface area (Å²) in [5, 5.41) is 3.27. The van der Waals surface area contributed by atoms with Crippen LogP contribution >= 0.6 is 0 Å². The molecule has 2 rings (SSSR count). The molecular weight excluding hydrogens is 302 g/mol. The number of likely N-dealkylation sites (N-methyl/N-ethyl adjacent to an activating group) is 1. The smallest absolute Gasteiger partial charge is 0.241 e. The molecular formula is C14H25N5O2S. The molecule has 0 radical (unpaired) electrons. The number of sulfonamides is 1. The van der Waals surface area contributed by atoms with Crippen molar-refractivity contribution in [3.8, 4) is 0 Å². The van der Waals surface area contributed by atoms with E-state index in [0.717, 1.165) is 32.7 Å². The number of aromatic nitrogens is 1. The van der Waals surface area contributed by atoms with Gasteiger partial charge < -0.3 is 10.2 Å². The standard InChI is InChI=1S/C14H25N5O2S/c1-12(19-8-6-18(3)7-9-19)10-16-14-5-4-13(11-17-14)22(20,21)15-2/h4-5,11-12,15H,6-10H2,1-3H3,(H,16,17). The van der Waals surface area contributed by atoms with Crippen LogP contribution in [0.1, 0.15) is 6.92 Å². The van der Waals surface area contributed by atoms with Gasteiger partial charge in [-0.15, -0.1) is 0 Å². The number of hydrogen-bond acceptors (Lipinski definition) is 6. The minimum absolute atomic E-state index is 0.174. The van der Waals surface area contributed by atoms with E-state index >= 15 is 0 Å². The highest BCUT2D eigenvalue weighted by atomic mass is 32.2. The van der Waals surface area contributed by atoms with Crippen LogP contribution in [-0.2, 0) is 10.0 Å². The van der Waals surface area contributed by atoms with Gasteiger partial charge >= 0.3 is 0 Å². The van der Waals surface area contributed by atoms with Gasteiger partial charge in [-0.1, -0.05) is 0 Å². The molecule has 1 unspecified atom stereocenters. The molecule has 124 valence electrons. The Morgan fingerprint density at radius 3 is 2.50 bits per heavy atom. The first-order valence-electron chi connectivity index (χ1n) is 7.48. The van der Waals surface area contributed by atoms with Crippen LogP contribution in [0.25, 0.3) is 0 Å². The van der Waals surface area contributed by atoms with Crippen molar-refractivity contribution in [2.45, 2.75) is 17.9 Å². The lowest BCUT2D eigenvalue weighted by Crippen LogP contribution is -2.49. The second-order valence-electron chi connectivity index (χ2n) is 5.66. The molecule has 8 heteroatoms. The van der Waals surface area contributed by atoms with E-state index in [-0.39, 0.29) is 4.90 Å². The summed E-state index contributed by atoms with van der Waals surface area (Å²) in [6, 6.07) is 3.67. The number of nitrogens with zero attached hydrogens (tertiary/aromatic N) is 3. The predicted octanol–water partition coefficient (Wildman–Crippen LogP) is 0.0375. The second-order valence-corrected chi connectivity index (χ2v) is 7.54. The predicted molar refractivity (Wildman–Crippen MR) is 87.5 cm³/mol. The zero-order valence-corrected chi connectivity index (χ0v) is 14.2. The molecule has 0 aromatic carbocycles. The van der Waals surface area contributed by atoms with Crippen LogP contribution in [0.4, 0.5) is 5.82 Å². The summed E-state index contributed by atoms with van der Waals surface area (Å²) in [5.74, 6) is 0.691. The van der Waals surface area contributed by atoms with Crippen molar-refractivity contribution >= 4 is 15.8 Å². The minimum Gasteiger partial charge on any atom is -0.369 e. The maximum absolute atomic E-state index is 11.6. The molecule has 0 amide bonds. The van der Waals surface area contributed by atoms with Crippen molar-refractivity contribution in [1.29, 1.82) is 0 Å². The SMILES string of the molecule is CNS(=O)(=O)c1ccc(NCC(C)N2CCN(C)CC2)nc1. The van der Waals surface area contributed by atoms with Crippen LogP contribution in [0, 0.1) is 0 Å². The Labute approximate surface area is 132 Å². The van der Waals surface area contributed by atoms with Gasteiger partial charge in [0.1, 0.15) is 10.7 Å². The number of piperazine rings is 1. The maximum Gasteiger partial charge on any atom is 0.241 e. The Morgan fingerprint density at radius 1 is 1.27 bits per heavy atom. The number of rotatable bonds is 6. The summed E-state index contributed by atoms with van der Waals surface area (Å²) in [6.07, 6.45) is 1.37. The average Bonchev–Trinajstić information content (AvgIpc) is 2.53. The largest absolute Gasteiger partial charge is 0.369 e. The van der Waals surface area contributed by atoms with Crippen molar-refractivity contribution < 1.29 is 8.42 Å². The van der Waals surface area contributed by atoms with Gasteiger partial charge in [0.2, 0.25) is 10.0 Å². The van der Waals surface area contributed by atoms with Gasteiger partial charge in [-0.3, -0.25) is 4.90 Å². The first kappa shape index (κ1) is 17.1. The minimum atomic E-state index is -3.42. The van der Waals surface area contributed by atoms with E-state index in [1.807, 2.05) is 0 Å². The molecule has 1 aromatic rings. The Bertz CT molecular complexity index is 567. The molecule has 1 aliphatic rings. The van der Waals surface area contributed by atoms with Crippen LogP contribution in [0.3, 0.4) is 0 Å². The Hall–Kier alpha value is -1.22. The fraction of sp³-hybridized carbons (Fsp3) is 0.643. The zero-order chi connectivity index (χ0) is 16.2. The van der Waals surface area contributed by atoms with E-state index in [1.165, 1.54) is 13.2 Å². The second kappa shape index (κ2) is 7.36. The van der Waals surface area contributed by atoms with Gasteiger partial charge in [0, 0.05) is 45.0 Å². The third-order valence-corrected chi connectivity index (χ3v) is 5.45. The topological polar surface area (TPSA) is 77.6 Å². The monoisotopic (exact) mass is 327 g/mol. The zero-order valence-electron chi connectivity index (χ0n) is 13.4. The van der Waals surface area contributed by atoms with Crippen LogP contribution < -0.4 is 10.0 Å². The van der Waals surface area contributed by atoms with Crippen molar-refractivity contribution in [2.75, 3.05) is 52.1 Å². The van der Waals surface area contributed by atoms with Gasteiger partial charge in [0.15, 0.2) is 0 Å². The summed E-state index contributed by atoms with van der Waals surface area (Å²) < 4.78 is 25.5. The quantitative estimate of drug-likeness (QED) is 0.768. The Balaban J connectivity index is 1.86. The van der Waals surface area contributed by atoms with E-state index < -0.39 is 10.0 Å². The fourth-order valence-corrected chi connectivity index (χ4v) is 3.08. The molecule has 1 saturated heterocycles. The van der Waals surface area contributed by atoms with Crippen LogP contribution in [0.5, 0.6) is 0 Å². The molecule has 2 N–H and O–H groups in total. The van der Waals surface area contributed by atoms with Crippen molar-refractivity contribution in [1.82, 2.24) is 19.5 Å². The Morgan fingerprint density at radius 2 is 1.95 bits per heavy atom. The molecule has 7 nitrogen and oxygen atoms in total. The lowest BCUT2D eigenvalue weighted by Gasteiger charge is -2.36. The highest BCUT2D eigenvalue weighted by Gasteiger charge is 2.19. The molecule has 0 saturated carbocycles. The lowest BCUT2D eigenvalue weighted by molar-refractivity contribution is 0.123. The van der Waals surface area contributed by atoms with Gasteiger partial charge in [-0.25, -0.2) is 18.1 Å². The van der Waals surface area contributed by atoms with E-state index in [4.69, 9.17) is 0 Å². The normalized spacial score (nSPS) is 19.0. The summed E-state index contributed by atoms with van der Waals surface area (Å²) in [7, 11) is 0.110. The van der Waals surface area contributed by atoms with Gasteiger partial charge in [0.25, 0.3) is 0 Å². The summed E-state index contributed by atoms with van der Waals surface area (Å²) in [6.45, 7) is 7.32. The van der Waals surface area contributed by atoms with Crippen LogP contribution in [0.2, 0.25) is 0 Å². The fourth-order valence-electron chi connectivity index (χ4n) is 2.41. The number of anilines is 1. The highest BCUT2D eigenvalue weighted by molar-refractivity contribution is 7.89. The third kappa shape index (κ3) is 4.39. The highest BCUT2D eigenvalue weighted by Crippen LogP contribution is 2.11. The molecule has 2 heterocycles. The summed E-state index contributed by atoms with van der Waals surface area (Å²) >= 11 is 0. The number of pyridine rings is 1. The molecule has 0 bridgehead atoms. The molecule has 22 heavy (non-hydrogen) atoms. The Kier molecular flexibility index (Phi) is 5.74. The number of hydrogen-bond donors (Lipinski definition) is 2. The first-order chi connectivity index (χ1) is 10.4. The number of nitrogens with one attached hydrogen (secondary N) is 2. The van der Waals surface area contributed by atoms with Crippen LogP contribution in [-0.4, -0.2) is 76.1 Å². The van der Waals surface area contributed by atoms with E-state index in [9.17, 15) is 8.42 Å². The molecule has 1 atom stereocenters. The van der Waals surface area contributed by atoms with E-state index in [1.54, 1.807) is 12.1 Å². The van der Waals surface area contributed by atoms with Gasteiger partial charge in [-0.2, -0.15) is 0 Å². The van der Waals surface area contributed by atoms with E-state index in [2.05, 4.69) is 38.8 Å². The molecule has 0 aliphatic carbocycles. The van der Waals surface area contributed by atoms with Crippen LogP contribution in [0.15, 0.2) is 23.2 Å². The molecule has 0 spiro atoms. The first-order valence-corrected chi connectivity index (χ1v) is 8.97. The van der Waals surface area contributed by atoms with Crippen molar-refractivity contribution in [3.63, 3.8) is 0 Å². The molecule has 1 fully saturated rings. The molecule has 1 aliphatic heterocycles. The van der Waals surface area contributed by atoms with Crippen molar-refractivity contribution in [3.05, 3.63) is 18.3 Å². The maximum atomic E-state index is 11.6. The lowest BCUT2D eigenvalue weighted by atomic mass is 10.2. The average molecular weight is 327 g/mol. The summed E-state index contributed by atoms with van der Waals surface area (Å²) in [5.41, 5.74) is 0. The van der Waals surface area contributed by atoms with Gasteiger partial charge in [0.05, 0.1) is 0 Å². The van der Waals surface area contributed by atoms with Crippen molar-refractivity contribution in [2.24, 2.45) is 0 Å².